The van der Waals surface area contributed by atoms with E-state index in [1.54, 1.807) is 0 Å². The Bertz CT molecular complexity index is 432. The van der Waals surface area contributed by atoms with Crippen molar-refractivity contribution in [2.45, 2.75) is 27.3 Å². The highest BCUT2D eigenvalue weighted by Gasteiger charge is 2.19. The molecular weight excluding hydrogens is 226 g/mol. The molecule has 0 bridgehead atoms. The number of rotatable bonds is 4. The Balaban J connectivity index is 0.00000256. The smallest absolute Gasteiger partial charge is 0.299 e. The molecule has 0 atom stereocenters. The number of anilines is 1. The number of hydrogen-bond acceptors (Lipinski definition) is 5. The van der Waals surface area contributed by atoms with Crippen molar-refractivity contribution in [3.8, 4) is 0 Å². The van der Waals surface area contributed by atoms with Gasteiger partial charge in [0.05, 0.1) is 15.9 Å². The highest BCUT2D eigenvalue weighted by molar-refractivity contribution is 5.65. The van der Waals surface area contributed by atoms with Crippen LogP contribution in [-0.2, 0) is 0 Å². The lowest BCUT2D eigenvalue weighted by Crippen LogP contribution is -2.11. The molecule has 0 radical (unpaired) electrons. The number of hydrogen-bond donors (Lipinski definition) is 1. The largest absolute Gasteiger partial charge is 0.377 e. The second-order valence-corrected chi connectivity index (χ2v) is 3.51. The van der Waals surface area contributed by atoms with E-state index in [9.17, 15) is 20.2 Å². The summed E-state index contributed by atoms with van der Waals surface area (Å²) in [6, 6.07) is 3.54. The molecule has 0 aliphatic carbocycles. The molecule has 0 saturated heterocycles. The fourth-order valence-corrected chi connectivity index (χ4v) is 1.22. The van der Waals surface area contributed by atoms with Crippen LogP contribution >= 0.6 is 0 Å². The third-order valence-corrected chi connectivity index (χ3v) is 1.83. The van der Waals surface area contributed by atoms with Gasteiger partial charge in [-0.05, 0) is 19.9 Å². The Hall–Kier alpha value is -2.18. The van der Waals surface area contributed by atoms with Gasteiger partial charge < -0.3 is 5.32 Å². The monoisotopic (exact) mass is 241 g/mol. The number of nitrogens with zero attached hydrogens (tertiary/aromatic N) is 2. The lowest BCUT2D eigenvalue weighted by Gasteiger charge is -2.09. The predicted molar refractivity (Wildman–Crippen MR) is 65.2 cm³/mol. The van der Waals surface area contributed by atoms with Crippen LogP contribution in [-0.4, -0.2) is 15.9 Å². The Morgan fingerprint density at radius 2 is 1.76 bits per heavy atom. The molecule has 0 aromatic heterocycles. The van der Waals surface area contributed by atoms with Crippen LogP contribution in [0.1, 0.15) is 21.3 Å². The molecule has 7 heteroatoms. The molecule has 94 valence electrons. The SMILES string of the molecule is C.CC(C)Nc1ccc([N+](=O)[O-])cc1[N+](=O)[O-]. The van der Waals surface area contributed by atoms with Crippen molar-refractivity contribution in [3.63, 3.8) is 0 Å². The molecule has 0 heterocycles. The molecule has 1 aromatic rings. The van der Waals surface area contributed by atoms with Crippen LogP contribution in [0, 0.1) is 20.2 Å². The van der Waals surface area contributed by atoms with Crippen molar-refractivity contribution in [2.24, 2.45) is 0 Å². The van der Waals surface area contributed by atoms with Crippen molar-refractivity contribution < 1.29 is 9.85 Å². The molecule has 0 aliphatic rings. The lowest BCUT2D eigenvalue weighted by molar-refractivity contribution is -0.393. The fourth-order valence-electron chi connectivity index (χ4n) is 1.22. The zero-order chi connectivity index (χ0) is 12.3. The summed E-state index contributed by atoms with van der Waals surface area (Å²) < 4.78 is 0. The number of nitro groups is 2. The fraction of sp³-hybridized carbons (Fsp3) is 0.400. The first-order valence-corrected chi connectivity index (χ1v) is 4.61. The van der Waals surface area contributed by atoms with Crippen molar-refractivity contribution >= 4 is 17.1 Å². The van der Waals surface area contributed by atoms with Gasteiger partial charge in [-0.1, -0.05) is 7.43 Å². The zero-order valence-electron chi connectivity index (χ0n) is 8.84. The Morgan fingerprint density at radius 3 is 2.18 bits per heavy atom. The normalized spacial score (nSPS) is 9.59. The van der Waals surface area contributed by atoms with E-state index >= 15 is 0 Å². The molecule has 0 spiro atoms. The molecular formula is C10H15N3O4. The molecule has 17 heavy (non-hydrogen) atoms. The Kier molecular flexibility index (Phi) is 5.04. The minimum atomic E-state index is -0.661. The summed E-state index contributed by atoms with van der Waals surface area (Å²) in [5, 5.41) is 24.0. The molecule has 0 fully saturated rings. The second-order valence-electron chi connectivity index (χ2n) is 3.51. The molecule has 1 aromatic carbocycles. The van der Waals surface area contributed by atoms with Gasteiger partial charge in [-0.15, -0.1) is 0 Å². The summed E-state index contributed by atoms with van der Waals surface area (Å²) in [6.07, 6.45) is 0. The summed E-state index contributed by atoms with van der Waals surface area (Å²) in [5.41, 5.74) is -0.297. The molecule has 0 aliphatic heterocycles. The highest BCUT2D eigenvalue weighted by atomic mass is 16.6. The van der Waals surface area contributed by atoms with Gasteiger partial charge in [-0.25, -0.2) is 0 Å². The first-order chi connectivity index (χ1) is 7.41. The molecule has 1 rings (SSSR count). The maximum absolute atomic E-state index is 10.7. The maximum Gasteiger partial charge on any atom is 0.299 e. The van der Waals surface area contributed by atoms with Gasteiger partial charge in [-0.3, -0.25) is 20.2 Å². The third-order valence-electron chi connectivity index (χ3n) is 1.83. The minimum Gasteiger partial charge on any atom is -0.377 e. The van der Waals surface area contributed by atoms with Crippen molar-refractivity contribution in [1.82, 2.24) is 0 Å². The van der Waals surface area contributed by atoms with Gasteiger partial charge in [0.2, 0.25) is 0 Å². The Labute approximate surface area is 98.8 Å². The quantitative estimate of drug-likeness (QED) is 0.645. The molecule has 0 unspecified atom stereocenters. The molecule has 1 N–H and O–H groups in total. The van der Waals surface area contributed by atoms with Gasteiger partial charge in [0.15, 0.2) is 0 Å². The van der Waals surface area contributed by atoms with E-state index in [0.717, 1.165) is 6.07 Å². The number of nitrogens with one attached hydrogen (secondary N) is 1. The van der Waals surface area contributed by atoms with Gasteiger partial charge in [0.25, 0.3) is 11.4 Å². The average Bonchev–Trinajstić information content (AvgIpc) is 2.16. The third kappa shape index (κ3) is 3.71. The molecule has 0 saturated carbocycles. The highest BCUT2D eigenvalue weighted by Crippen LogP contribution is 2.29. The van der Waals surface area contributed by atoms with Crippen molar-refractivity contribution in [1.29, 1.82) is 0 Å². The average molecular weight is 241 g/mol. The molecule has 0 amide bonds. The predicted octanol–water partition coefficient (Wildman–Crippen LogP) is 2.96. The number of benzene rings is 1. The first-order valence-electron chi connectivity index (χ1n) is 4.61. The summed E-state index contributed by atoms with van der Waals surface area (Å²) in [4.78, 5) is 19.9. The summed E-state index contributed by atoms with van der Waals surface area (Å²) in [6.45, 7) is 3.65. The van der Waals surface area contributed by atoms with Gasteiger partial charge >= 0.3 is 0 Å². The van der Waals surface area contributed by atoms with Crippen LogP contribution in [0.15, 0.2) is 18.2 Å². The van der Waals surface area contributed by atoms with Crippen LogP contribution in [0.4, 0.5) is 17.1 Å². The topological polar surface area (TPSA) is 98.3 Å². The second kappa shape index (κ2) is 5.78. The summed E-state index contributed by atoms with van der Waals surface area (Å²) in [5.74, 6) is 0. The van der Waals surface area contributed by atoms with Crippen LogP contribution in [0.2, 0.25) is 0 Å². The Morgan fingerprint density at radius 1 is 1.18 bits per heavy atom. The zero-order valence-corrected chi connectivity index (χ0v) is 8.84. The maximum atomic E-state index is 10.7. The first kappa shape index (κ1) is 14.8. The van der Waals surface area contributed by atoms with E-state index in [-0.39, 0.29) is 30.5 Å². The number of non-ortho nitro benzene ring substituents is 1. The van der Waals surface area contributed by atoms with E-state index in [1.165, 1.54) is 12.1 Å². The van der Waals surface area contributed by atoms with E-state index < -0.39 is 9.85 Å². The van der Waals surface area contributed by atoms with Crippen LogP contribution < -0.4 is 5.32 Å². The van der Waals surface area contributed by atoms with Crippen molar-refractivity contribution in [3.05, 3.63) is 38.4 Å². The minimum absolute atomic E-state index is 0. The standard InChI is InChI=1S/C9H11N3O4.CH4/c1-6(2)10-8-4-3-7(11(13)14)5-9(8)12(15)16;/h3-6,10H,1-2H3;1H4. The van der Waals surface area contributed by atoms with Gasteiger partial charge in [0.1, 0.15) is 5.69 Å². The van der Waals surface area contributed by atoms with E-state index in [0.29, 0.717) is 0 Å². The number of nitro benzene ring substituents is 2. The van der Waals surface area contributed by atoms with E-state index in [1.807, 2.05) is 13.8 Å². The summed E-state index contributed by atoms with van der Waals surface area (Å²) in [7, 11) is 0. The van der Waals surface area contributed by atoms with E-state index in [2.05, 4.69) is 5.32 Å². The summed E-state index contributed by atoms with van der Waals surface area (Å²) >= 11 is 0. The van der Waals surface area contributed by atoms with Gasteiger partial charge in [0, 0.05) is 12.1 Å². The van der Waals surface area contributed by atoms with Crippen molar-refractivity contribution in [2.75, 3.05) is 5.32 Å². The van der Waals surface area contributed by atoms with Crippen LogP contribution in [0.3, 0.4) is 0 Å². The van der Waals surface area contributed by atoms with Gasteiger partial charge in [-0.2, -0.15) is 0 Å². The van der Waals surface area contributed by atoms with E-state index in [4.69, 9.17) is 0 Å². The lowest BCUT2D eigenvalue weighted by atomic mass is 10.2. The molecule has 7 nitrogen and oxygen atoms in total. The van der Waals surface area contributed by atoms with Crippen LogP contribution in [0.5, 0.6) is 0 Å². The van der Waals surface area contributed by atoms with Crippen LogP contribution in [0.25, 0.3) is 0 Å².